The Morgan fingerprint density at radius 1 is 1.38 bits per heavy atom. The van der Waals surface area contributed by atoms with Gasteiger partial charge >= 0.3 is 6.03 Å². The van der Waals surface area contributed by atoms with Crippen LogP contribution in [0, 0.1) is 5.92 Å². The molecule has 0 bridgehead atoms. The van der Waals surface area contributed by atoms with Crippen LogP contribution in [0.3, 0.4) is 0 Å². The molecule has 1 N–H and O–H groups in total. The van der Waals surface area contributed by atoms with E-state index in [4.69, 9.17) is 0 Å². The summed E-state index contributed by atoms with van der Waals surface area (Å²) in [5.41, 5.74) is 0. The molecule has 1 aliphatic heterocycles. The van der Waals surface area contributed by atoms with Gasteiger partial charge in [-0.1, -0.05) is 0 Å². The average Bonchev–Trinajstić information content (AvgIpc) is 2.63. The number of rotatable bonds is 6. The lowest BCUT2D eigenvalue weighted by Gasteiger charge is -2.34. The number of likely N-dealkylation sites (N-methyl/N-ethyl adjacent to an activating group) is 1. The van der Waals surface area contributed by atoms with Gasteiger partial charge in [0.2, 0.25) is 11.8 Å². The molecule has 2 aliphatic rings. The van der Waals surface area contributed by atoms with Crippen LogP contribution in [-0.2, 0) is 9.59 Å². The first-order chi connectivity index (χ1) is 9.88. The van der Waals surface area contributed by atoms with Gasteiger partial charge in [0.15, 0.2) is 0 Å². The summed E-state index contributed by atoms with van der Waals surface area (Å²) in [4.78, 5) is 39.5. The molecule has 1 aliphatic carbocycles. The summed E-state index contributed by atoms with van der Waals surface area (Å²) >= 11 is 0. The normalized spacial score (nSPS) is 25.3. The summed E-state index contributed by atoms with van der Waals surface area (Å²) in [5, 5.41) is 9.23. The summed E-state index contributed by atoms with van der Waals surface area (Å²) in [5.74, 6) is 0.208. The van der Waals surface area contributed by atoms with Gasteiger partial charge in [0.1, 0.15) is 6.54 Å². The van der Waals surface area contributed by atoms with Crippen LogP contribution in [0.1, 0.15) is 25.7 Å². The molecule has 0 unspecified atom stereocenters. The van der Waals surface area contributed by atoms with E-state index in [0.717, 1.165) is 12.8 Å². The minimum atomic E-state index is -0.288. The molecule has 2 rings (SSSR count). The Morgan fingerprint density at radius 2 is 2.05 bits per heavy atom. The van der Waals surface area contributed by atoms with Crippen LogP contribution in [0.15, 0.2) is 0 Å². The number of amides is 4. The van der Waals surface area contributed by atoms with E-state index in [1.807, 2.05) is 0 Å². The average molecular weight is 297 g/mol. The Labute approximate surface area is 124 Å². The van der Waals surface area contributed by atoms with Crippen molar-refractivity contribution in [3.05, 3.63) is 0 Å². The van der Waals surface area contributed by atoms with Crippen LogP contribution in [0.4, 0.5) is 4.79 Å². The van der Waals surface area contributed by atoms with Crippen molar-refractivity contribution in [3.8, 4) is 0 Å². The number of hydrogen-bond donors (Lipinski definition) is 1. The van der Waals surface area contributed by atoms with E-state index in [0.29, 0.717) is 31.8 Å². The Hall–Kier alpha value is -1.63. The Morgan fingerprint density at radius 3 is 2.57 bits per heavy atom. The second kappa shape index (κ2) is 6.43. The van der Waals surface area contributed by atoms with Crippen molar-refractivity contribution in [1.82, 2.24) is 14.7 Å². The first-order valence-electron chi connectivity index (χ1n) is 7.36. The predicted molar refractivity (Wildman–Crippen MR) is 75.3 cm³/mol. The number of carbonyl (C=O) groups excluding carboxylic acids is 3. The zero-order valence-electron chi connectivity index (χ0n) is 12.6. The molecule has 1 saturated carbocycles. The zero-order valence-corrected chi connectivity index (χ0v) is 12.6. The molecule has 1 heterocycles. The highest BCUT2D eigenvalue weighted by molar-refractivity contribution is 6.01. The lowest BCUT2D eigenvalue weighted by atomic mass is 9.82. The van der Waals surface area contributed by atoms with Gasteiger partial charge in [0.25, 0.3) is 0 Å². The molecule has 1 saturated heterocycles. The zero-order chi connectivity index (χ0) is 15.6. The molecule has 7 heteroatoms. The van der Waals surface area contributed by atoms with Gasteiger partial charge in [0, 0.05) is 33.6 Å². The van der Waals surface area contributed by atoms with E-state index in [1.54, 1.807) is 19.0 Å². The highest BCUT2D eigenvalue weighted by Gasteiger charge is 2.33. The van der Waals surface area contributed by atoms with Crippen LogP contribution in [0.2, 0.25) is 0 Å². The second-order valence-electron chi connectivity index (χ2n) is 6.05. The summed E-state index contributed by atoms with van der Waals surface area (Å²) in [6.07, 6.45) is 2.14. The van der Waals surface area contributed by atoms with Crippen molar-refractivity contribution in [1.29, 1.82) is 0 Å². The van der Waals surface area contributed by atoms with Crippen LogP contribution in [0.25, 0.3) is 0 Å². The maximum absolute atomic E-state index is 12.0. The number of aliphatic hydroxyl groups excluding tert-OH is 1. The highest BCUT2D eigenvalue weighted by atomic mass is 16.3. The molecule has 0 atom stereocenters. The minimum Gasteiger partial charge on any atom is -0.393 e. The van der Waals surface area contributed by atoms with Crippen LogP contribution in [-0.4, -0.2) is 77.5 Å². The van der Waals surface area contributed by atoms with E-state index in [1.165, 1.54) is 9.80 Å². The van der Waals surface area contributed by atoms with Crippen molar-refractivity contribution in [2.75, 3.05) is 33.7 Å². The smallest absolute Gasteiger partial charge is 0.326 e. The molecule has 118 valence electrons. The second-order valence-corrected chi connectivity index (χ2v) is 6.05. The molecule has 0 aromatic rings. The standard InChI is InChI=1S/C14H23N3O4/c1-15(8-10-6-11(18)7-10)12(19)4-3-5-17-13(20)9-16(2)14(17)21/h10-11,18H,3-9H2,1-2H3. The Bertz CT molecular complexity index is 434. The monoisotopic (exact) mass is 297 g/mol. The SMILES string of the molecule is CN(CC1CC(O)C1)C(=O)CCCN1C(=O)CN(C)C1=O. The van der Waals surface area contributed by atoms with Crippen LogP contribution >= 0.6 is 0 Å². The number of nitrogens with zero attached hydrogens (tertiary/aromatic N) is 3. The molecule has 0 aromatic carbocycles. The third-order valence-electron chi connectivity index (χ3n) is 4.17. The first-order valence-corrected chi connectivity index (χ1v) is 7.36. The van der Waals surface area contributed by atoms with Gasteiger partial charge in [-0.25, -0.2) is 4.79 Å². The van der Waals surface area contributed by atoms with Crippen LogP contribution in [0.5, 0.6) is 0 Å². The van der Waals surface area contributed by atoms with E-state index < -0.39 is 0 Å². The number of imide groups is 1. The third-order valence-corrected chi connectivity index (χ3v) is 4.17. The number of carbonyl (C=O) groups is 3. The van der Waals surface area contributed by atoms with Gasteiger partial charge in [-0.15, -0.1) is 0 Å². The molecule has 0 spiro atoms. The molecule has 0 radical (unpaired) electrons. The summed E-state index contributed by atoms with van der Waals surface area (Å²) in [7, 11) is 3.35. The number of urea groups is 1. The summed E-state index contributed by atoms with van der Waals surface area (Å²) in [6, 6.07) is -0.288. The van der Waals surface area contributed by atoms with E-state index >= 15 is 0 Å². The lowest BCUT2D eigenvalue weighted by Crippen LogP contribution is -2.39. The molecule has 4 amide bonds. The number of aliphatic hydroxyl groups is 1. The molecule has 7 nitrogen and oxygen atoms in total. The maximum atomic E-state index is 12.0. The van der Waals surface area contributed by atoms with Gasteiger partial charge < -0.3 is 14.9 Å². The maximum Gasteiger partial charge on any atom is 0.326 e. The van der Waals surface area contributed by atoms with Crippen molar-refractivity contribution < 1.29 is 19.5 Å². The van der Waals surface area contributed by atoms with Gasteiger partial charge in [-0.3, -0.25) is 14.5 Å². The third kappa shape index (κ3) is 3.72. The van der Waals surface area contributed by atoms with Gasteiger partial charge in [0.05, 0.1) is 6.10 Å². The first kappa shape index (κ1) is 15.8. The van der Waals surface area contributed by atoms with Gasteiger partial charge in [-0.05, 0) is 25.2 Å². The fourth-order valence-corrected chi connectivity index (χ4v) is 2.81. The Balaban J connectivity index is 1.67. The predicted octanol–water partition coefficient (Wildman–Crippen LogP) is -0.110. The molecule has 2 fully saturated rings. The van der Waals surface area contributed by atoms with Crippen molar-refractivity contribution in [3.63, 3.8) is 0 Å². The molecule has 21 heavy (non-hydrogen) atoms. The highest BCUT2D eigenvalue weighted by Crippen LogP contribution is 2.27. The topological polar surface area (TPSA) is 81.2 Å². The van der Waals surface area contributed by atoms with Crippen LogP contribution < -0.4 is 0 Å². The van der Waals surface area contributed by atoms with E-state index in [9.17, 15) is 19.5 Å². The molecular formula is C14H23N3O4. The lowest BCUT2D eigenvalue weighted by molar-refractivity contribution is -0.132. The fraction of sp³-hybridized carbons (Fsp3) is 0.786. The largest absolute Gasteiger partial charge is 0.393 e. The number of hydrogen-bond acceptors (Lipinski definition) is 4. The summed E-state index contributed by atoms with van der Waals surface area (Å²) in [6.45, 7) is 1.08. The molecular weight excluding hydrogens is 274 g/mol. The van der Waals surface area contributed by atoms with Crippen molar-refractivity contribution >= 4 is 17.8 Å². The fourth-order valence-electron chi connectivity index (χ4n) is 2.81. The molecule has 0 aromatic heterocycles. The van der Waals surface area contributed by atoms with E-state index in [-0.39, 0.29) is 30.5 Å². The minimum absolute atomic E-state index is 0.0174. The quantitative estimate of drug-likeness (QED) is 0.694. The Kier molecular flexibility index (Phi) is 4.82. The van der Waals surface area contributed by atoms with E-state index in [2.05, 4.69) is 0 Å². The van der Waals surface area contributed by atoms with Crippen molar-refractivity contribution in [2.24, 2.45) is 5.92 Å². The summed E-state index contributed by atoms with van der Waals surface area (Å²) < 4.78 is 0. The van der Waals surface area contributed by atoms with Crippen molar-refractivity contribution in [2.45, 2.75) is 31.8 Å². The van der Waals surface area contributed by atoms with Gasteiger partial charge in [-0.2, -0.15) is 0 Å².